The summed E-state index contributed by atoms with van der Waals surface area (Å²) in [6, 6.07) is 0. The van der Waals surface area contributed by atoms with Crippen molar-refractivity contribution in [2.24, 2.45) is 10.8 Å². The van der Waals surface area contributed by atoms with E-state index in [1.807, 2.05) is 0 Å². The summed E-state index contributed by atoms with van der Waals surface area (Å²) >= 11 is 0. The minimum absolute atomic E-state index is 0.0969. The van der Waals surface area contributed by atoms with Crippen LogP contribution in [-0.2, 0) is 12.8 Å². The van der Waals surface area contributed by atoms with E-state index in [0.29, 0.717) is 0 Å². The SMILES string of the molecule is Cc1c(C)c(CC(C)(C)CO)c(C)c(C)c1CC(C)(C)CO. The quantitative estimate of drug-likeness (QED) is 0.832. The second kappa shape index (κ2) is 6.72. The largest absolute Gasteiger partial charge is 0.396 e. The van der Waals surface area contributed by atoms with Gasteiger partial charge in [0.2, 0.25) is 0 Å². The predicted molar refractivity (Wildman–Crippen MR) is 94.5 cm³/mol. The van der Waals surface area contributed by atoms with E-state index >= 15 is 0 Å². The second-order valence-electron chi connectivity index (χ2n) is 8.46. The highest BCUT2D eigenvalue weighted by atomic mass is 16.3. The van der Waals surface area contributed by atoms with E-state index in [0.717, 1.165) is 12.8 Å². The summed E-state index contributed by atoms with van der Waals surface area (Å²) < 4.78 is 0. The molecule has 0 atom stereocenters. The number of aliphatic hydroxyl groups is 2. The number of rotatable bonds is 6. The van der Waals surface area contributed by atoms with Gasteiger partial charge in [0.25, 0.3) is 0 Å². The molecular weight excluding hydrogens is 272 g/mol. The van der Waals surface area contributed by atoms with Crippen LogP contribution in [0.5, 0.6) is 0 Å². The monoisotopic (exact) mass is 306 g/mol. The first-order chi connectivity index (χ1) is 9.95. The van der Waals surface area contributed by atoms with Crippen LogP contribution in [0.1, 0.15) is 61.1 Å². The first-order valence-electron chi connectivity index (χ1n) is 8.25. The molecule has 1 aromatic carbocycles. The van der Waals surface area contributed by atoms with Crippen molar-refractivity contribution in [2.45, 2.75) is 68.2 Å². The summed E-state index contributed by atoms with van der Waals surface area (Å²) in [5, 5.41) is 19.2. The highest BCUT2D eigenvalue weighted by molar-refractivity contribution is 5.50. The summed E-state index contributed by atoms with van der Waals surface area (Å²) in [4.78, 5) is 0. The minimum atomic E-state index is -0.0969. The Kier molecular flexibility index (Phi) is 5.86. The van der Waals surface area contributed by atoms with Crippen molar-refractivity contribution >= 4 is 0 Å². The van der Waals surface area contributed by atoms with Crippen LogP contribution in [-0.4, -0.2) is 23.4 Å². The molecule has 126 valence electrons. The zero-order valence-electron chi connectivity index (χ0n) is 15.7. The summed E-state index contributed by atoms with van der Waals surface area (Å²) in [6.07, 6.45) is 1.79. The molecule has 0 radical (unpaired) electrons. The molecule has 0 aromatic heterocycles. The molecule has 0 saturated carbocycles. The van der Waals surface area contributed by atoms with Gasteiger partial charge in [-0.25, -0.2) is 0 Å². The first kappa shape index (κ1) is 19.2. The minimum Gasteiger partial charge on any atom is -0.396 e. The smallest absolute Gasteiger partial charge is 0.0485 e. The molecule has 0 bridgehead atoms. The van der Waals surface area contributed by atoms with Crippen molar-refractivity contribution in [3.8, 4) is 0 Å². The van der Waals surface area contributed by atoms with E-state index in [1.54, 1.807) is 0 Å². The first-order valence-corrected chi connectivity index (χ1v) is 8.25. The van der Waals surface area contributed by atoms with E-state index in [9.17, 15) is 10.2 Å². The standard InChI is InChI=1S/C20H34O2/c1-13-14(2)18(10-20(7,8)12-22)16(4)15(3)17(13)9-19(5,6)11-21/h21-22H,9-12H2,1-8H3. The third-order valence-corrected chi connectivity index (χ3v) is 5.10. The van der Waals surface area contributed by atoms with Crippen LogP contribution in [0.15, 0.2) is 0 Å². The van der Waals surface area contributed by atoms with Crippen LogP contribution in [0.4, 0.5) is 0 Å². The molecule has 0 aliphatic heterocycles. The molecule has 0 spiro atoms. The third-order valence-electron chi connectivity index (χ3n) is 5.10. The van der Waals surface area contributed by atoms with Crippen molar-refractivity contribution in [1.82, 2.24) is 0 Å². The van der Waals surface area contributed by atoms with Crippen LogP contribution in [0.25, 0.3) is 0 Å². The molecular formula is C20H34O2. The molecule has 2 N–H and O–H groups in total. The Morgan fingerprint density at radius 3 is 1.00 bits per heavy atom. The summed E-state index contributed by atoms with van der Waals surface area (Å²) in [7, 11) is 0. The van der Waals surface area contributed by atoms with Gasteiger partial charge in [-0.05, 0) is 84.7 Å². The molecule has 0 amide bonds. The molecule has 1 aromatic rings. The molecule has 0 unspecified atom stereocenters. The van der Waals surface area contributed by atoms with Gasteiger partial charge in [-0.15, -0.1) is 0 Å². The average Bonchev–Trinajstić information content (AvgIpc) is 2.46. The molecule has 2 heteroatoms. The lowest BCUT2D eigenvalue weighted by Crippen LogP contribution is -2.24. The number of benzene rings is 1. The van der Waals surface area contributed by atoms with Crippen molar-refractivity contribution in [1.29, 1.82) is 0 Å². The summed E-state index contributed by atoms with van der Waals surface area (Å²) in [6.45, 7) is 17.6. The van der Waals surface area contributed by atoms with E-state index in [4.69, 9.17) is 0 Å². The average molecular weight is 306 g/mol. The highest BCUT2D eigenvalue weighted by Crippen LogP contribution is 2.34. The zero-order valence-corrected chi connectivity index (χ0v) is 15.7. The summed E-state index contributed by atoms with van der Waals surface area (Å²) in [5.41, 5.74) is 7.92. The lowest BCUT2D eigenvalue weighted by Gasteiger charge is -2.30. The molecule has 0 fully saturated rings. The second-order valence-corrected chi connectivity index (χ2v) is 8.46. The molecule has 0 heterocycles. The Balaban J connectivity index is 3.39. The van der Waals surface area contributed by atoms with Gasteiger partial charge in [0.15, 0.2) is 0 Å². The van der Waals surface area contributed by atoms with Gasteiger partial charge in [0.05, 0.1) is 0 Å². The Morgan fingerprint density at radius 1 is 0.591 bits per heavy atom. The van der Waals surface area contributed by atoms with Crippen molar-refractivity contribution in [3.05, 3.63) is 33.4 Å². The van der Waals surface area contributed by atoms with Crippen LogP contribution in [0, 0.1) is 38.5 Å². The number of aliphatic hydroxyl groups excluding tert-OH is 2. The zero-order chi connectivity index (χ0) is 17.3. The Labute approximate surface area is 136 Å². The van der Waals surface area contributed by atoms with E-state index < -0.39 is 0 Å². The Bertz CT molecular complexity index is 461. The molecule has 0 aliphatic carbocycles. The van der Waals surface area contributed by atoms with E-state index in [2.05, 4.69) is 55.4 Å². The van der Waals surface area contributed by atoms with Crippen LogP contribution < -0.4 is 0 Å². The van der Waals surface area contributed by atoms with E-state index in [-0.39, 0.29) is 24.0 Å². The van der Waals surface area contributed by atoms with Crippen molar-refractivity contribution in [2.75, 3.05) is 13.2 Å². The Hall–Kier alpha value is -0.860. The maximum absolute atomic E-state index is 9.59. The van der Waals surface area contributed by atoms with Gasteiger partial charge in [-0.3, -0.25) is 0 Å². The number of hydrogen-bond donors (Lipinski definition) is 2. The maximum Gasteiger partial charge on any atom is 0.0485 e. The van der Waals surface area contributed by atoms with Gasteiger partial charge in [-0.2, -0.15) is 0 Å². The number of hydrogen-bond acceptors (Lipinski definition) is 2. The third kappa shape index (κ3) is 4.11. The summed E-state index contributed by atoms with van der Waals surface area (Å²) in [5.74, 6) is 0. The van der Waals surface area contributed by atoms with Gasteiger partial charge >= 0.3 is 0 Å². The predicted octanol–water partition coefficient (Wildman–Crippen LogP) is 4.04. The van der Waals surface area contributed by atoms with Crippen molar-refractivity contribution in [3.63, 3.8) is 0 Å². The fourth-order valence-electron chi connectivity index (χ4n) is 3.07. The van der Waals surface area contributed by atoms with Crippen LogP contribution in [0.3, 0.4) is 0 Å². The van der Waals surface area contributed by atoms with E-state index in [1.165, 1.54) is 33.4 Å². The fraction of sp³-hybridized carbons (Fsp3) is 0.700. The van der Waals surface area contributed by atoms with Gasteiger partial charge in [-0.1, -0.05) is 27.7 Å². The molecule has 2 nitrogen and oxygen atoms in total. The van der Waals surface area contributed by atoms with Gasteiger partial charge in [0.1, 0.15) is 0 Å². The highest BCUT2D eigenvalue weighted by Gasteiger charge is 2.25. The normalized spacial score (nSPS) is 12.8. The van der Waals surface area contributed by atoms with Gasteiger partial charge in [0, 0.05) is 13.2 Å². The van der Waals surface area contributed by atoms with Gasteiger partial charge < -0.3 is 10.2 Å². The van der Waals surface area contributed by atoms with Crippen LogP contribution >= 0.6 is 0 Å². The topological polar surface area (TPSA) is 40.5 Å². The van der Waals surface area contributed by atoms with Crippen LogP contribution in [0.2, 0.25) is 0 Å². The molecule has 0 aliphatic rings. The lowest BCUT2D eigenvalue weighted by molar-refractivity contribution is 0.158. The Morgan fingerprint density at radius 2 is 0.818 bits per heavy atom. The molecule has 22 heavy (non-hydrogen) atoms. The fourth-order valence-corrected chi connectivity index (χ4v) is 3.07. The molecule has 1 rings (SSSR count). The maximum atomic E-state index is 9.59. The lowest BCUT2D eigenvalue weighted by atomic mass is 9.76. The van der Waals surface area contributed by atoms with Crippen molar-refractivity contribution < 1.29 is 10.2 Å². The molecule has 0 saturated heterocycles.